The highest BCUT2D eigenvalue weighted by Crippen LogP contribution is 2.29. The van der Waals surface area contributed by atoms with Crippen LogP contribution in [0.15, 0.2) is 77.9 Å². The molecule has 136 valence electrons. The lowest BCUT2D eigenvalue weighted by atomic mass is 10.1. The molecule has 3 N–H and O–H groups in total. The monoisotopic (exact) mass is 362 g/mol. The summed E-state index contributed by atoms with van der Waals surface area (Å²) in [6.07, 6.45) is 1.24. The number of rotatable bonds is 6. The van der Waals surface area contributed by atoms with E-state index in [0.717, 1.165) is 11.1 Å². The lowest BCUT2D eigenvalue weighted by Gasteiger charge is -2.10. The van der Waals surface area contributed by atoms with Gasteiger partial charge in [-0.05, 0) is 23.8 Å². The minimum Gasteiger partial charge on any atom is -0.504 e. The van der Waals surface area contributed by atoms with Crippen molar-refractivity contribution in [3.8, 4) is 28.4 Å². The summed E-state index contributed by atoms with van der Waals surface area (Å²) < 4.78 is 5.62. The number of phenols is 2. The summed E-state index contributed by atoms with van der Waals surface area (Å²) >= 11 is 0. The van der Waals surface area contributed by atoms with E-state index in [1.165, 1.54) is 12.3 Å². The number of hydrogen-bond acceptors (Lipinski definition) is 5. The van der Waals surface area contributed by atoms with Crippen LogP contribution >= 0.6 is 0 Å². The molecule has 0 atom stereocenters. The van der Waals surface area contributed by atoms with Gasteiger partial charge in [-0.2, -0.15) is 5.10 Å². The third kappa shape index (κ3) is 4.64. The Morgan fingerprint density at radius 1 is 0.963 bits per heavy atom. The quantitative estimate of drug-likeness (QED) is 0.356. The Morgan fingerprint density at radius 3 is 2.52 bits per heavy atom. The van der Waals surface area contributed by atoms with Crippen molar-refractivity contribution in [2.24, 2.45) is 5.10 Å². The van der Waals surface area contributed by atoms with E-state index in [4.69, 9.17) is 4.74 Å². The van der Waals surface area contributed by atoms with Crippen LogP contribution in [0.3, 0.4) is 0 Å². The zero-order valence-electron chi connectivity index (χ0n) is 14.4. The van der Waals surface area contributed by atoms with Crippen LogP contribution in [0.25, 0.3) is 11.1 Å². The number of hydrazone groups is 1. The van der Waals surface area contributed by atoms with Crippen LogP contribution in [0.2, 0.25) is 0 Å². The third-order valence-corrected chi connectivity index (χ3v) is 3.77. The molecule has 6 heteroatoms. The van der Waals surface area contributed by atoms with E-state index in [2.05, 4.69) is 10.5 Å². The number of ether oxygens (including phenoxy) is 1. The molecule has 1 amide bonds. The second-order valence-corrected chi connectivity index (χ2v) is 5.66. The van der Waals surface area contributed by atoms with Gasteiger partial charge in [-0.25, -0.2) is 5.43 Å². The smallest absolute Gasteiger partial charge is 0.277 e. The highest BCUT2D eigenvalue weighted by Gasteiger charge is 2.08. The van der Waals surface area contributed by atoms with Crippen molar-refractivity contribution in [2.75, 3.05) is 6.61 Å². The van der Waals surface area contributed by atoms with Crippen molar-refractivity contribution >= 4 is 12.1 Å². The summed E-state index contributed by atoms with van der Waals surface area (Å²) in [5, 5.41) is 22.9. The molecule has 3 aromatic rings. The maximum Gasteiger partial charge on any atom is 0.277 e. The molecule has 0 fully saturated rings. The normalized spacial score (nSPS) is 10.7. The Bertz CT molecular complexity index is 955. The van der Waals surface area contributed by atoms with E-state index in [1.807, 2.05) is 48.5 Å². The molecule has 3 rings (SSSR count). The van der Waals surface area contributed by atoms with Gasteiger partial charge in [0.15, 0.2) is 18.1 Å². The van der Waals surface area contributed by atoms with E-state index in [9.17, 15) is 15.0 Å². The first kappa shape index (κ1) is 18.0. The van der Waals surface area contributed by atoms with E-state index in [1.54, 1.807) is 18.2 Å². The summed E-state index contributed by atoms with van der Waals surface area (Å²) in [5.74, 6) is -0.420. The average Bonchev–Trinajstić information content (AvgIpc) is 2.70. The van der Waals surface area contributed by atoms with Gasteiger partial charge in [-0.1, -0.05) is 54.6 Å². The Morgan fingerprint density at radius 2 is 1.70 bits per heavy atom. The molecule has 0 spiro atoms. The molecule has 0 bridgehead atoms. The molecule has 27 heavy (non-hydrogen) atoms. The van der Waals surface area contributed by atoms with Gasteiger partial charge in [0.1, 0.15) is 5.75 Å². The van der Waals surface area contributed by atoms with Crippen molar-refractivity contribution in [3.63, 3.8) is 0 Å². The maximum absolute atomic E-state index is 11.9. The minimum absolute atomic E-state index is 0.215. The van der Waals surface area contributed by atoms with Gasteiger partial charge in [0, 0.05) is 11.1 Å². The molecular weight excluding hydrogens is 344 g/mol. The molecule has 3 aromatic carbocycles. The van der Waals surface area contributed by atoms with Gasteiger partial charge in [0.05, 0.1) is 6.21 Å². The number of para-hydroxylation sites is 2. The number of hydrogen-bond donors (Lipinski definition) is 3. The number of nitrogens with one attached hydrogen (secondary N) is 1. The maximum atomic E-state index is 11.9. The molecule has 0 heterocycles. The van der Waals surface area contributed by atoms with Gasteiger partial charge >= 0.3 is 0 Å². The van der Waals surface area contributed by atoms with Crippen LogP contribution in [0.1, 0.15) is 5.56 Å². The number of carbonyl (C=O) groups is 1. The zero-order valence-corrected chi connectivity index (χ0v) is 14.4. The van der Waals surface area contributed by atoms with Gasteiger partial charge in [0.2, 0.25) is 0 Å². The predicted molar refractivity (Wildman–Crippen MR) is 103 cm³/mol. The summed E-state index contributed by atoms with van der Waals surface area (Å²) in [7, 11) is 0. The Labute approximate surface area is 156 Å². The molecule has 6 nitrogen and oxygen atoms in total. The van der Waals surface area contributed by atoms with E-state index < -0.39 is 5.91 Å². The molecule has 0 saturated heterocycles. The van der Waals surface area contributed by atoms with Crippen LogP contribution in [0.4, 0.5) is 0 Å². The summed E-state index contributed by atoms with van der Waals surface area (Å²) in [4.78, 5) is 11.9. The first-order valence-corrected chi connectivity index (χ1v) is 8.25. The van der Waals surface area contributed by atoms with Crippen molar-refractivity contribution in [2.45, 2.75) is 0 Å². The van der Waals surface area contributed by atoms with Crippen molar-refractivity contribution in [1.29, 1.82) is 0 Å². The van der Waals surface area contributed by atoms with Crippen molar-refractivity contribution < 1.29 is 19.7 Å². The molecule has 0 aromatic heterocycles. The molecule has 0 aliphatic carbocycles. The molecule has 0 saturated carbocycles. The van der Waals surface area contributed by atoms with Crippen LogP contribution in [-0.2, 0) is 4.79 Å². The number of benzene rings is 3. The van der Waals surface area contributed by atoms with Crippen LogP contribution in [0.5, 0.6) is 17.2 Å². The lowest BCUT2D eigenvalue weighted by Crippen LogP contribution is -2.24. The van der Waals surface area contributed by atoms with Gasteiger partial charge in [-0.15, -0.1) is 0 Å². The number of nitrogens with zero attached hydrogens (tertiary/aromatic N) is 1. The minimum atomic E-state index is -0.450. The summed E-state index contributed by atoms with van der Waals surface area (Å²) in [6, 6.07) is 21.7. The average molecular weight is 362 g/mol. The fourth-order valence-corrected chi connectivity index (χ4v) is 2.45. The van der Waals surface area contributed by atoms with Crippen LogP contribution < -0.4 is 10.2 Å². The molecule has 0 unspecified atom stereocenters. The molecular formula is C21H18N2O4. The first-order valence-electron chi connectivity index (χ1n) is 8.25. The van der Waals surface area contributed by atoms with E-state index in [-0.39, 0.29) is 23.7 Å². The van der Waals surface area contributed by atoms with E-state index >= 15 is 0 Å². The Hall–Kier alpha value is -3.80. The van der Waals surface area contributed by atoms with Crippen molar-refractivity contribution in [1.82, 2.24) is 5.43 Å². The van der Waals surface area contributed by atoms with Crippen molar-refractivity contribution in [3.05, 3.63) is 78.4 Å². The molecule has 0 aliphatic heterocycles. The first-order chi connectivity index (χ1) is 13.1. The van der Waals surface area contributed by atoms with Crippen LogP contribution in [-0.4, -0.2) is 28.9 Å². The fraction of sp³-hybridized carbons (Fsp3) is 0.0476. The predicted octanol–water partition coefficient (Wildman–Crippen LogP) is 3.29. The number of carbonyl (C=O) groups excluding carboxylic acids is 1. The second-order valence-electron chi connectivity index (χ2n) is 5.66. The van der Waals surface area contributed by atoms with Crippen LogP contribution in [0, 0.1) is 0 Å². The highest BCUT2D eigenvalue weighted by atomic mass is 16.5. The lowest BCUT2D eigenvalue weighted by molar-refractivity contribution is -0.123. The zero-order chi connectivity index (χ0) is 19.1. The summed E-state index contributed by atoms with van der Waals surface area (Å²) in [6.45, 7) is -0.215. The fourth-order valence-electron chi connectivity index (χ4n) is 2.45. The molecule has 0 radical (unpaired) electrons. The number of aromatic hydroxyl groups is 2. The Kier molecular flexibility index (Phi) is 5.69. The SMILES string of the molecule is O=C(COc1ccccc1-c1ccccc1)NN=Cc1cccc(O)c1O. The van der Waals surface area contributed by atoms with E-state index in [0.29, 0.717) is 5.75 Å². The topological polar surface area (TPSA) is 91.2 Å². The standard InChI is InChI=1S/C21H18N2O4/c24-18-11-6-9-16(21(18)26)13-22-23-20(25)14-27-19-12-5-4-10-17(19)15-7-2-1-3-8-15/h1-13,24,26H,14H2,(H,23,25). The van der Waals surface area contributed by atoms with Gasteiger partial charge in [-0.3, -0.25) is 4.79 Å². The number of phenolic OH excluding ortho intramolecular Hbond substituents is 2. The Balaban J connectivity index is 1.60. The van der Waals surface area contributed by atoms with Gasteiger partial charge in [0.25, 0.3) is 5.91 Å². The number of amides is 1. The summed E-state index contributed by atoms with van der Waals surface area (Å²) in [5.41, 5.74) is 4.48. The highest BCUT2D eigenvalue weighted by molar-refractivity contribution is 5.86. The second kappa shape index (κ2) is 8.53. The largest absolute Gasteiger partial charge is 0.504 e. The van der Waals surface area contributed by atoms with Gasteiger partial charge < -0.3 is 14.9 Å². The molecule has 0 aliphatic rings. The third-order valence-electron chi connectivity index (χ3n) is 3.77.